The molecule has 2 heterocycles. The molecule has 0 radical (unpaired) electrons. The Morgan fingerprint density at radius 2 is 2.11 bits per heavy atom. The van der Waals surface area contributed by atoms with Crippen LogP contribution in [0.2, 0.25) is 0 Å². The lowest BCUT2D eigenvalue weighted by Crippen LogP contribution is -2.42. The summed E-state index contributed by atoms with van der Waals surface area (Å²) in [7, 11) is 0. The monoisotopic (exact) mass is 396 g/mol. The van der Waals surface area contributed by atoms with Crippen LogP contribution >= 0.6 is 43.5 Å². The van der Waals surface area contributed by atoms with Gasteiger partial charge in [-0.2, -0.15) is 0 Å². The standard InChI is InChI=1S/C11H11Br2ClN2O2/c12-7-5-8(13)10(15-6-7)9(14)11(17)16-1-3-18-4-2-16/h5-6,9H,1-4H2. The third-order valence-corrected chi connectivity index (χ3v) is 4.08. The van der Waals surface area contributed by atoms with Crippen LogP contribution in [-0.2, 0) is 9.53 Å². The molecule has 1 aliphatic heterocycles. The van der Waals surface area contributed by atoms with Crippen LogP contribution < -0.4 is 0 Å². The Morgan fingerprint density at radius 3 is 2.72 bits per heavy atom. The van der Waals surface area contributed by atoms with Crippen molar-refractivity contribution < 1.29 is 9.53 Å². The van der Waals surface area contributed by atoms with Crippen LogP contribution in [0.4, 0.5) is 0 Å². The van der Waals surface area contributed by atoms with E-state index >= 15 is 0 Å². The third kappa shape index (κ3) is 3.23. The smallest absolute Gasteiger partial charge is 0.246 e. The Bertz CT molecular complexity index is 453. The van der Waals surface area contributed by atoms with Gasteiger partial charge in [-0.1, -0.05) is 0 Å². The van der Waals surface area contributed by atoms with Gasteiger partial charge in [0.1, 0.15) is 0 Å². The van der Waals surface area contributed by atoms with E-state index in [1.54, 1.807) is 11.1 Å². The van der Waals surface area contributed by atoms with Gasteiger partial charge in [0, 0.05) is 28.2 Å². The Balaban J connectivity index is 2.14. The summed E-state index contributed by atoms with van der Waals surface area (Å²) in [6, 6.07) is 1.82. The van der Waals surface area contributed by atoms with Crippen molar-refractivity contribution in [3.05, 3.63) is 26.9 Å². The number of rotatable bonds is 2. The first-order chi connectivity index (χ1) is 8.59. The van der Waals surface area contributed by atoms with Crippen molar-refractivity contribution in [3.8, 4) is 0 Å². The van der Waals surface area contributed by atoms with Crippen LogP contribution in [0.15, 0.2) is 21.2 Å². The van der Waals surface area contributed by atoms with Gasteiger partial charge in [-0.3, -0.25) is 9.78 Å². The maximum atomic E-state index is 12.2. The number of nitrogens with zero attached hydrogens (tertiary/aromatic N) is 2. The van der Waals surface area contributed by atoms with Gasteiger partial charge in [0.15, 0.2) is 5.38 Å². The van der Waals surface area contributed by atoms with E-state index in [4.69, 9.17) is 16.3 Å². The second-order valence-electron chi connectivity index (χ2n) is 3.82. The fraction of sp³-hybridized carbons (Fsp3) is 0.455. The molecule has 2 rings (SSSR count). The van der Waals surface area contributed by atoms with E-state index in [9.17, 15) is 4.79 Å². The molecule has 18 heavy (non-hydrogen) atoms. The molecule has 1 fully saturated rings. The van der Waals surface area contributed by atoms with Crippen molar-refractivity contribution in [1.29, 1.82) is 0 Å². The number of amides is 1. The Kier molecular flexibility index (Phi) is 5.00. The molecule has 0 aliphatic carbocycles. The minimum atomic E-state index is -0.773. The Hall–Kier alpha value is -0.170. The molecular weight excluding hydrogens is 387 g/mol. The summed E-state index contributed by atoms with van der Waals surface area (Å²) < 4.78 is 6.76. The summed E-state index contributed by atoms with van der Waals surface area (Å²) in [5, 5.41) is -0.773. The zero-order valence-electron chi connectivity index (χ0n) is 9.41. The zero-order chi connectivity index (χ0) is 13.1. The van der Waals surface area contributed by atoms with E-state index in [0.29, 0.717) is 32.0 Å². The number of morpholine rings is 1. The molecule has 1 atom stereocenters. The van der Waals surface area contributed by atoms with E-state index < -0.39 is 5.38 Å². The second kappa shape index (κ2) is 6.32. The predicted octanol–water partition coefficient (Wildman–Crippen LogP) is 2.75. The van der Waals surface area contributed by atoms with Crippen LogP contribution in [0, 0.1) is 0 Å². The van der Waals surface area contributed by atoms with E-state index in [1.807, 2.05) is 6.07 Å². The summed E-state index contributed by atoms with van der Waals surface area (Å²) in [5.41, 5.74) is 0.538. The van der Waals surface area contributed by atoms with Crippen molar-refractivity contribution in [2.75, 3.05) is 26.3 Å². The molecule has 1 aromatic heterocycles. The van der Waals surface area contributed by atoms with Gasteiger partial charge in [-0.25, -0.2) is 0 Å². The average Bonchev–Trinajstić information content (AvgIpc) is 2.38. The number of hydrogen-bond donors (Lipinski definition) is 0. The first kappa shape index (κ1) is 14.2. The molecule has 1 amide bonds. The lowest BCUT2D eigenvalue weighted by atomic mass is 10.2. The highest BCUT2D eigenvalue weighted by molar-refractivity contribution is 9.11. The lowest BCUT2D eigenvalue weighted by molar-refractivity contribution is -0.135. The molecule has 98 valence electrons. The summed E-state index contributed by atoms with van der Waals surface area (Å²) in [6.07, 6.45) is 1.63. The molecule has 0 bridgehead atoms. The van der Waals surface area contributed by atoms with Crippen LogP contribution in [0.5, 0.6) is 0 Å². The maximum Gasteiger partial charge on any atom is 0.246 e. The third-order valence-electron chi connectivity index (χ3n) is 2.62. The predicted molar refractivity (Wildman–Crippen MR) is 75.6 cm³/mol. The van der Waals surface area contributed by atoms with Crippen LogP contribution in [-0.4, -0.2) is 42.1 Å². The average molecular weight is 398 g/mol. The minimum absolute atomic E-state index is 0.129. The maximum absolute atomic E-state index is 12.2. The summed E-state index contributed by atoms with van der Waals surface area (Å²) in [6.45, 7) is 2.28. The zero-order valence-corrected chi connectivity index (χ0v) is 13.3. The van der Waals surface area contributed by atoms with Crippen LogP contribution in [0.25, 0.3) is 0 Å². The minimum Gasteiger partial charge on any atom is -0.378 e. The number of carbonyl (C=O) groups excluding carboxylic acids is 1. The van der Waals surface area contributed by atoms with Crippen LogP contribution in [0.3, 0.4) is 0 Å². The highest BCUT2D eigenvalue weighted by Gasteiger charge is 2.27. The van der Waals surface area contributed by atoms with Gasteiger partial charge in [0.05, 0.1) is 18.9 Å². The van der Waals surface area contributed by atoms with E-state index in [0.717, 1.165) is 8.95 Å². The highest BCUT2D eigenvalue weighted by atomic mass is 79.9. The summed E-state index contributed by atoms with van der Waals surface area (Å²) in [4.78, 5) is 18.1. The summed E-state index contributed by atoms with van der Waals surface area (Å²) in [5.74, 6) is -0.129. The van der Waals surface area contributed by atoms with E-state index in [1.165, 1.54) is 0 Å². The fourth-order valence-electron chi connectivity index (χ4n) is 1.67. The molecule has 0 N–H and O–H groups in total. The van der Waals surface area contributed by atoms with Crippen molar-refractivity contribution >= 4 is 49.4 Å². The molecule has 0 spiro atoms. The lowest BCUT2D eigenvalue weighted by Gasteiger charge is -2.28. The SMILES string of the molecule is O=C(C(Cl)c1ncc(Br)cc1Br)N1CCOCC1. The Labute approximate surface area is 127 Å². The van der Waals surface area contributed by atoms with Crippen molar-refractivity contribution in [2.24, 2.45) is 0 Å². The van der Waals surface area contributed by atoms with Crippen molar-refractivity contribution in [3.63, 3.8) is 0 Å². The molecule has 1 aromatic rings. The topological polar surface area (TPSA) is 42.4 Å². The second-order valence-corrected chi connectivity index (χ2v) is 6.03. The Morgan fingerprint density at radius 1 is 1.44 bits per heavy atom. The molecule has 1 saturated heterocycles. The van der Waals surface area contributed by atoms with E-state index in [-0.39, 0.29) is 5.91 Å². The van der Waals surface area contributed by atoms with Gasteiger partial charge in [0.2, 0.25) is 5.91 Å². The molecule has 0 saturated carbocycles. The number of halogens is 3. The largest absolute Gasteiger partial charge is 0.378 e. The quantitative estimate of drug-likeness (QED) is 0.720. The van der Waals surface area contributed by atoms with Crippen LogP contribution in [0.1, 0.15) is 11.1 Å². The number of pyridine rings is 1. The van der Waals surface area contributed by atoms with Gasteiger partial charge < -0.3 is 9.64 Å². The first-order valence-corrected chi connectivity index (χ1v) is 7.43. The molecule has 1 aliphatic rings. The summed E-state index contributed by atoms with van der Waals surface area (Å²) >= 11 is 12.9. The number of aromatic nitrogens is 1. The number of alkyl halides is 1. The molecule has 0 aromatic carbocycles. The van der Waals surface area contributed by atoms with E-state index in [2.05, 4.69) is 36.8 Å². The van der Waals surface area contributed by atoms with Crippen molar-refractivity contribution in [2.45, 2.75) is 5.38 Å². The highest BCUT2D eigenvalue weighted by Crippen LogP contribution is 2.30. The normalized spacial score (nSPS) is 17.6. The van der Waals surface area contributed by atoms with Gasteiger partial charge >= 0.3 is 0 Å². The molecule has 1 unspecified atom stereocenters. The molecule has 7 heteroatoms. The fourth-order valence-corrected chi connectivity index (χ4v) is 3.33. The van der Waals surface area contributed by atoms with Gasteiger partial charge in [-0.05, 0) is 37.9 Å². The molecule has 4 nitrogen and oxygen atoms in total. The van der Waals surface area contributed by atoms with Crippen molar-refractivity contribution in [1.82, 2.24) is 9.88 Å². The van der Waals surface area contributed by atoms with Gasteiger partial charge in [0.25, 0.3) is 0 Å². The number of hydrogen-bond acceptors (Lipinski definition) is 3. The first-order valence-electron chi connectivity index (χ1n) is 5.41. The van der Waals surface area contributed by atoms with Gasteiger partial charge in [-0.15, -0.1) is 11.6 Å². The number of carbonyl (C=O) groups is 1. The number of ether oxygens (including phenoxy) is 1. The molecular formula is C11H11Br2ClN2O2.